The Labute approximate surface area is 124 Å². The number of nitrogens with one attached hydrogen (secondary N) is 1. The van der Waals surface area contributed by atoms with Gasteiger partial charge < -0.3 is 15.5 Å². The third-order valence-corrected chi connectivity index (χ3v) is 3.97. The smallest absolute Gasteiger partial charge is 0.220 e. The highest BCUT2D eigenvalue weighted by Crippen LogP contribution is 2.18. The van der Waals surface area contributed by atoms with Gasteiger partial charge >= 0.3 is 0 Å². The third kappa shape index (κ3) is 4.47. The van der Waals surface area contributed by atoms with Gasteiger partial charge in [-0.2, -0.15) is 0 Å². The standard InChI is InChI=1S/C15H22ClNO3/c1-3-15(9-18,10-19)17-14(20)7-6-12-5-4-11(2)13(16)8-12/h4-5,8,18-19H,3,6-7,9-10H2,1-2H3,(H,17,20). The van der Waals surface area contributed by atoms with E-state index >= 15 is 0 Å². The Balaban J connectivity index is 2.56. The van der Waals surface area contributed by atoms with Crippen molar-refractivity contribution in [3.63, 3.8) is 0 Å². The van der Waals surface area contributed by atoms with E-state index in [0.29, 0.717) is 24.3 Å². The van der Waals surface area contributed by atoms with Crippen molar-refractivity contribution in [2.24, 2.45) is 0 Å². The highest BCUT2D eigenvalue weighted by molar-refractivity contribution is 6.31. The molecule has 1 aromatic carbocycles. The minimum Gasteiger partial charge on any atom is -0.394 e. The van der Waals surface area contributed by atoms with Crippen LogP contribution >= 0.6 is 11.6 Å². The van der Waals surface area contributed by atoms with Crippen molar-refractivity contribution in [2.45, 2.75) is 38.6 Å². The zero-order valence-electron chi connectivity index (χ0n) is 11.9. The lowest BCUT2D eigenvalue weighted by Gasteiger charge is -2.29. The molecule has 0 aliphatic rings. The van der Waals surface area contributed by atoms with E-state index in [9.17, 15) is 15.0 Å². The van der Waals surface area contributed by atoms with Crippen molar-refractivity contribution >= 4 is 17.5 Å². The Morgan fingerprint density at radius 3 is 2.50 bits per heavy atom. The largest absolute Gasteiger partial charge is 0.394 e. The SMILES string of the molecule is CCC(CO)(CO)NC(=O)CCc1ccc(C)c(Cl)c1. The topological polar surface area (TPSA) is 69.6 Å². The van der Waals surface area contributed by atoms with E-state index in [4.69, 9.17) is 11.6 Å². The van der Waals surface area contributed by atoms with E-state index in [1.165, 1.54) is 0 Å². The molecule has 5 heteroatoms. The quantitative estimate of drug-likeness (QED) is 0.719. The number of benzene rings is 1. The molecule has 0 bridgehead atoms. The first-order valence-corrected chi connectivity index (χ1v) is 7.12. The summed E-state index contributed by atoms with van der Waals surface area (Å²) in [4.78, 5) is 11.9. The van der Waals surface area contributed by atoms with Crippen molar-refractivity contribution in [3.05, 3.63) is 34.3 Å². The molecule has 0 saturated carbocycles. The fourth-order valence-corrected chi connectivity index (χ4v) is 2.05. The summed E-state index contributed by atoms with van der Waals surface area (Å²) in [5.74, 6) is -0.188. The van der Waals surface area contributed by atoms with Crippen LogP contribution in [0.25, 0.3) is 0 Å². The van der Waals surface area contributed by atoms with Gasteiger partial charge in [0.05, 0.1) is 18.8 Å². The minimum absolute atomic E-state index is 0.188. The predicted molar refractivity (Wildman–Crippen MR) is 79.8 cm³/mol. The molecular formula is C15H22ClNO3. The minimum atomic E-state index is -0.929. The number of carbonyl (C=O) groups is 1. The molecule has 3 N–H and O–H groups in total. The van der Waals surface area contributed by atoms with Crippen LogP contribution in [0.1, 0.15) is 30.9 Å². The molecule has 112 valence electrons. The van der Waals surface area contributed by atoms with E-state index in [1.54, 1.807) is 0 Å². The molecule has 0 unspecified atom stereocenters. The number of rotatable bonds is 7. The van der Waals surface area contributed by atoms with Gasteiger partial charge in [-0.25, -0.2) is 0 Å². The van der Waals surface area contributed by atoms with Gasteiger partial charge in [0.25, 0.3) is 0 Å². The normalized spacial score (nSPS) is 11.4. The number of halogens is 1. The number of carbonyl (C=O) groups excluding carboxylic acids is 1. The second-order valence-electron chi connectivity index (χ2n) is 5.08. The van der Waals surface area contributed by atoms with Crippen LogP contribution in [0.2, 0.25) is 5.02 Å². The number of amides is 1. The average molecular weight is 300 g/mol. The number of aliphatic hydroxyl groups is 2. The molecule has 0 aromatic heterocycles. The van der Waals surface area contributed by atoms with Crippen molar-refractivity contribution in [3.8, 4) is 0 Å². The zero-order chi connectivity index (χ0) is 15.2. The first-order chi connectivity index (χ1) is 9.46. The summed E-state index contributed by atoms with van der Waals surface area (Å²) in [6.45, 7) is 3.19. The van der Waals surface area contributed by atoms with Gasteiger partial charge in [-0.15, -0.1) is 0 Å². The van der Waals surface area contributed by atoms with Crippen LogP contribution in [0.3, 0.4) is 0 Å². The number of aryl methyl sites for hydroxylation is 2. The molecule has 0 atom stereocenters. The van der Waals surface area contributed by atoms with Crippen molar-refractivity contribution in [1.82, 2.24) is 5.32 Å². The maximum atomic E-state index is 11.9. The maximum Gasteiger partial charge on any atom is 0.220 e. The highest BCUT2D eigenvalue weighted by atomic mass is 35.5. The van der Waals surface area contributed by atoms with Gasteiger partial charge in [-0.3, -0.25) is 4.79 Å². The molecule has 0 heterocycles. The van der Waals surface area contributed by atoms with Crippen LogP contribution in [0.15, 0.2) is 18.2 Å². The molecule has 0 radical (unpaired) electrons. The van der Waals surface area contributed by atoms with Gasteiger partial charge in [-0.05, 0) is 37.0 Å². The lowest BCUT2D eigenvalue weighted by Crippen LogP contribution is -2.53. The van der Waals surface area contributed by atoms with Crippen LogP contribution in [0, 0.1) is 6.92 Å². The summed E-state index contributed by atoms with van der Waals surface area (Å²) < 4.78 is 0. The summed E-state index contributed by atoms with van der Waals surface area (Å²) in [6.07, 6.45) is 1.34. The molecule has 1 rings (SSSR count). The molecule has 4 nitrogen and oxygen atoms in total. The van der Waals surface area contributed by atoms with Gasteiger partial charge in [-0.1, -0.05) is 30.7 Å². The van der Waals surface area contributed by atoms with Gasteiger partial charge in [0, 0.05) is 11.4 Å². The molecule has 0 fully saturated rings. The molecule has 1 amide bonds. The molecule has 1 aromatic rings. The monoisotopic (exact) mass is 299 g/mol. The Hall–Kier alpha value is -1.10. The predicted octanol–water partition coefficient (Wildman–Crippen LogP) is 1.83. The Bertz CT molecular complexity index is 450. The van der Waals surface area contributed by atoms with Gasteiger partial charge in [0.1, 0.15) is 0 Å². The first-order valence-electron chi connectivity index (χ1n) is 6.74. The molecule has 0 aliphatic heterocycles. The van der Waals surface area contributed by atoms with E-state index in [1.807, 2.05) is 32.0 Å². The molecule has 0 aliphatic carbocycles. The Morgan fingerprint density at radius 1 is 1.35 bits per heavy atom. The average Bonchev–Trinajstić information content (AvgIpc) is 2.46. The summed E-state index contributed by atoms with van der Waals surface area (Å²) in [6, 6.07) is 5.72. The fourth-order valence-electron chi connectivity index (χ4n) is 1.85. The van der Waals surface area contributed by atoms with Crippen LogP contribution in [0.4, 0.5) is 0 Å². The summed E-state index contributed by atoms with van der Waals surface area (Å²) in [7, 11) is 0. The molecule has 20 heavy (non-hydrogen) atoms. The second-order valence-corrected chi connectivity index (χ2v) is 5.49. The lowest BCUT2D eigenvalue weighted by atomic mass is 9.98. The van der Waals surface area contributed by atoms with E-state index in [2.05, 4.69) is 5.32 Å². The molecule has 0 spiro atoms. The summed E-state index contributed by atoms with van der Waals surface area (Å²) in [5, 5.41) is 22.0. The molecular weight excluding hydrogens is 278 g/mol. The summed E-state index contributed by atoms with van der Waals surface area (Å²) in [5.41, 5.74) is 1.07. The van der Waals surface area contributed by atoms with Crippen LogP contribution in [0.5, 0.6) is 0 Å². The van der Waals surface area contributed by atoms with Gasteiger partial charge in [0.15, 0.2) is 0 Å². The first kappa shape index (κ1) is 17.0. The van der Waals surface area contributed by atoms with Crippen molar-refractivity contribution in [1.29, 1.82) is 0 Å². The van der Waals surface area contributed by atoms with E-state index < -0.39 is 5.54 Å². The van der Waals surface area contributed by atoms with Crippen molar-refractivity contribution in [2.75, 3.05) is 13.2 Å². The van der Waals surface area contributed by atoms with E-state index in [0.717, 1.165) is 11.1 Å². The third-order valence-electron chi connectivity index (χ3n) is 3.56. The number of aliphatic hydroxyl groups excluding tert-OH is 2. The lowest BCUT2D eigenvalue weighted by molar-refractivity contribution is -0.124. The molecule has 0 saturated heterocycles. The summed E-state index contributed by atoms with van der Waals surface area (Å²) >= 11 is 6.04. The number of hydrogen-bond acceptors (Lipinski definition) is 3. The van der Waals surface area contributed by atoms with Gasteiger partial charge in [0.2, 0.25) is 5.91 Å². The van der Waals surface area contributed by atoms with Crippen LogP contribution in [-0.4, -0.2) is 34.9 Å². The Morgan fingerprint density at radius 2 is 2.00 bits per heavy atom. The maximum absolute atomic E-state index is 11.9. The highest BCUT2D eigenvalue weighted by Gasteiger charge is 2.28. The van der Waals surface area contributed by atoms with E-state index in [-0.39, 0.29) is 19.1 Å². The number of hydrogen-bond donors (Lipinski definition) is 3. The van der Waals surface area contributed by atoms with Crippen molar-refractivity contribution < 1.29 is 15.0 Å². The zero-order valence-corrected chi connectivity index (χ0v) is 12.7. The van der Waals surface area contributed by atoms with Crippen LogP contribution < -0.4 is 5.32 Å². The fraction of sp³-hybridized carbons (Fsp3) is 0.533. The Kier molecular flexibility index (Phi) is 6.46. The second kappa shape index (κ2) is 7.62. The van der Waals surface area contributed by atoms with Crippen LogP contribution in [-0.2, 0) is 11.2 Å².